The normalized spacial score (nSPS) is 12.0. The summed E-state index contributed by atoms with van der Waals surface area (Å²) in [5.74, 6) is -1.01. The van der Waals surface area contributed by atoms with Crippen molar-refractivity contribution >= 4 is 46.7 Å². The van der Waals surface area contributed by atoms with Crippen molar-refractivity contribution in [1.29, 1.82) is 0 Å². The minimum absolute atomic E-state index is 0.0660. The molecule has 1 aromatic carbocycles. The number of carbonyl (C=O) groups is 3. The number of Topliss-reactive ketones (excluding diaryl/α,β-unsaturated/α-hetero) is 1. The second kappa shape index (κ2) is 21.9. The van der Waals surface area contributed by atoms with Gasteiger partial charge in [0, 0.05) is 31.5 Å². The van der Waals surface area contributed by atoms with Crippen molar-refractivity contribution < 1.29 is 24.2 Å². The third-order valence-electron chi connectivity index (χ3n) is 7.99. The number of unbranched alkanes of at least 4 members (excludes halogenated alkanes) is 8. The molecule has 1 amide bonds. The van der Waals surface area contributed by atoms with E-state index in [0.29, 0.717) is 42.7 Å². The van der Waals surface area contributed by atoms with Crippen LogP contribution in [0.3, 0.4) is 0 Å². The van der Waals surface area contributed by atoms with Gasteiger partial charge in [-0.25, -0.2) is 4.98 Å². The van der Waals surface area contributed by atoms with Crippen molar-refractivity contribution in [2.75, 3.05) is 25.0 Å². The molecule has 47 heavy (non-hydrogen) atoms. The van der Waals surface area contributed by atoms with Crippen LogP contribution in [0.2, 0.25) is 10.0 Å². The fraction of sp³-hybridized carbons (Fsp3) is 0.622. The van der Waals surface area contributed by atoms with Gasteiger partial charge in [0.05, 0.1) is 29.6 Å². The van der Waals surface area contributed by atoms with Crippen LogP contribution < -0.4 is 15.4 Å². The third-order valence-corrected chi connectivity index (χ3v) is 8.55. The molecular formula is C37H55Cl2N3O5. The molecule has 10 heteroatoms. The Labute approximate surface area is 291 Å². The van der Waals surface area contributed by atoms with E-state index in [1.54, 1.807) is 18.3 Å². The molecule has 0 fully saturated rings. The average Bonchev–Trinajstić information content (AvgIpc) is 2.98. The molecule has 0 radical (unpaired) electrons. The van der Waals surface area contributed by atoms with Gasteiger partial charge in [-0.3, -0.25) is 14.4 Å². The molecule has 0 aliphatic rings. The molecule has 0 bridgehead atoms. The van der Waals surface area contributed by atoms with Crippen LogP contribution in [-0.2, 0) is 14.4 Å². The van der Waals surface area contributed by atoms with Crippen molar-refractivity contribution in [2.45, 2.75) is 124 Å². The molecule has 0 aliphatic heterocycles. The van der Waals surface area contributed by atoms with Gasteiger partial charge in [-0.15, -0.1) is 0 Å². The number of anilines is 1. The highest BCUT2D eigenvalue weighted by atomic mass is 35.5. The lowest BCUT2D eigenvalue weighted by molar-refractivity contribution is -0.137. The Balaban J connectivity index is 1.72. The van der Waals surface area contributed by atoms with E-state index < -0.39 is 11.9 Å². The summed E-state index contributed by atoms with van der Waals surface area (Å²) in [6.45, 7) is 9.89. The number of carboxylic acids is 1. The molecule has 1 unspecified atom stereocenters. The van der Waals surface area contributed by atoms with E-state index in [1.165, 1.54) is 38.5 Å². The van der Waals surface area contributed by atoms with Gasteiger partial charge >= 0.3 is 5.97 Å². The van der Waals surface area contributed by atoms with Crippen molar-refractivity contribution in [3.8, 4) is 5.75 Å². The van der Waals surface area contributed by atoms with Gasteiger partial charge in [0.1, 0.15) is 5.82 Å². The number of amides is 1. The quantitative estimate of drug-likeness (QED) is 0.0938. The fourth-order valence-electron chi connectivity index (χ4n) is 5.36. The number of pyridine rings is 1. The number of carboxylic acid groups (broad SMARTS) is 1. The van der Waals surface area contributed by atoms with Crippen molar-refractivity contribution in [3.63, 3.8) is 0 Å². The summed E-state index contributed by atoms with van der Waals surface area (Å²) in [5.41, 5.74) is 2.09. The van der Waals surface area contributed by atoms with E-state index in [2.05, 4.69) is 36.4 Å². The van der Waals surface area contributed by atoms with Crippen molar-refractivity contribution in [1.82, 2.24) is 10.3 Å². The second-order valence-corrected chi connectivity index (χ2v) is 14.5. The van der Waals surface area contributed by atoms with E-state index >= 15 is 0 Å². The monoisotopic (exact) mass is 691 g/mol. The van der Waals surface area contributed by atoms with E-state index in [-0.39, 0.29) is 41.1 Å². The Morgan fingerprint density at radius 3 is 2.15 bits per heavy atom. The van der Waals surface area contributed by atoms with Crippen LogP contribution in [0.4, 0.5) is 5.82 Å². The number of ketones is 1. The lowest BCUT2D eigenvalue weighted by Gasteiger charge is -2.18. The number of carbonyl (C=O) groups excluding carboxylic acids is 2. The van der Waals surface area contributed by atoms with Gasteiger partial charge in [-0.1, -0.05) is 88.9 Å². The summed E-state index contributed by atoms with van der Waals surface area (Å²) < 4.78 is 5.89. The number of benzene rings is 1. The number of halogens is 2. The van der Waals surface area contributed by atoms with Gasteiger partial charge in [-0.05, 0) is 73.4 Å². The topological polar surface area (TPSA) is 118 Å². The maximum atomic E-state index is 12.7. The maximum Gasteiger partial charge on any atom is 0.303 e. The van der Waals surface area contributed by atoms with E-state index in [1.807, 2.05) is 19.1 Å². The zero-order chi connectivity index (χ0) is 34.7. The average molecular weight is 693 g/mol. The van der Waals surface area contributed by atoms with Crippen molar-refractivity contribution in [2.24, 2.45) is 5.41 Å². The first-order chi connectivity index (χ1) is 22.3. The first kappa shape index (κ1) is 40.3. The molecule has 262 valence electrons. The smallest absolute Gasteiger partial charge is 0.303 e. The van der Waals surface area contributed by atoms with Gasteiger partial charge in [0.2, 0.25) is 5.91 Å². The lowest BCUT2D eigenvalue weighted by Crippen LogP contribution is -2.30. The highest BCUT2D eigenvalue weighted by Gasteiger charge is 2.22. The van der Waals surface area contributed by atoms with Crippen LogP contribution in [0, 0.1) is 12.3 Å². The van der Waals surface area contributed by atoms with Gasteiger partial charge in [-0.2, -0.15) is 0 Å². The zero-order valence-electron chi connectivity index (χ0n) is 28.8. The highest BCUT2D eigenvalue weighted by Crippen LogP contribution is 2.38. The first-order valence-corrected chi connectivity index (χ1v) is 17.9. The molecule has 2 rings (SSSR count). The van der Waals surface area contributed by atoms with Gasteiger partial charge in [0.25, 0.3) is 0 Å². The SMILES string of the molecule is Cc1ccnc(NCCCCC(=O)NCC(=O)CC(CC(=O)O)c2cc(Cl)c(OCCCCCCCCCCC(C)(C)C)c(Cl)c2)c1. The number of hydrogen-bond acceptors (Lipinski definition) is 6. The van der Waals surface area contributed by atoms with E-state index in [9.17, 15) is 19.5 Å². The number of rotatable bonds is 24. The number of nitrogens with zero attached hydrogens (tertiary/aromatic N) is 1. The molecule has 1 atom stereocenters. The Kier molecular flexibility index (Phi) is 18.8. The van der Waals surface area contributed by atoms with Crippen LogP contribution in [-0.4, -0.2) is 47.4 Å². The number of aromatic nitrogens is 1. The molecular weight excluding hydrogens is 637 g/mol. The van der Waals surface area contributed by atoms with Crippen LogP contribution in [0.1, 0.15) is 128 Å². The zero-order valence-corrected chi connectivity index (χ0v) is 30.3. The van der Waals surface area contributed by atoms with Crippen LogP contribution >= 0.6 is 23.2 Å². The predicted molar refractivity (Wildman–Crippen MR) is 192 cm³/mol. The van der Waals surface area contributed by atoms with Crippen LogP contribution in [0.15, 0.2) is 30.5 Å². The highest BCUT2D eigenvalue weighted by molar-refractivity contribution is 6.37. The van der Waals surface area contributed by atoms with Crippen LogP contribution in [0.25, 0.3) is 0 Å². The third kappa shape index (κ3) is 18.3. The summed E-state index contributed by atoms with van der Waals surface area (Å²) in [6, 6.07) is 7.14. The summed E-state index contributed by atoms with van der Waals surface area (Å²) in [6.07, 6.45) is 13.9. The summed E-state index contributed by atoms with van der Waals surface area (Å²) in [5, 5.41) is 16.0. The number of hydrogen-bond donors (Lipinski definition) is 3. The Bertz CT molecular complexity index is 1240. The minimum atomic E-state index is -1.04. The summed E-state index contributed by atoms with van der Waals surface area (Å²) >= 11 is 13.0. The summed E-state index contributed by atoms with van der Waals surface area (Å²) in [4.78, 5) is 40.9. The molecule has 3 N–H and O–H groups in total. The Morgan fingerprint density at radius 2 is 1.53 bits per heavy atom. The molecule has 1 heterocycles. The summed E-state index contributed by atoms with van der Waals surface area (Å²) in [7, 11) is 0. The molecule has 1 aromatic heterocycles. The number of aliphatic carboxylic acids is 1. The Hall–Kier alpha value is -2.84. The number of aryl methyl sites for hydroxylation is 1. The second-order valence-electron chi connectivity index (χ2n) is 13.7. The van der Waals surface area contributed by atoms with Gasteiger partial charge < -0.3 is 20.5 Å². The van der Waals surface area contributed by atoms with E-state index in [4.69, 9.17) is 27.9 Å². The molecule has 0 saturated heterocycles. The first-order valence-electron chi connectivity index (χ1n) is 17.1. The molecule has 0 spiro atoms. The lowest BCUT2D eigenvalue weighted by atomic mass is 9.89. The van der Waals surface area contributed by atoms with Crippen LogP contribution in [0.5, 0.6) is 5.75 Å². The number of ether oxygens (including phenoxy) is 1. The minimum Gasteiger partial charge on any atom is -0.490 e. The molecule has 0 saturated carbocycles. The van der Waals surface area contributed by atoms with Gasteiger partial charge in [0.15, 0.2) is 11.5 Å². The standard InChI is InChI=1S/C37H55Cl2N3O5/c1-27-16-19-41-33(21-27)40-18-13-11-15-34(44)42-26-30(43)22-28(25-35(45)46)29-23-31(38)36(32(39)24-29)47-20-14-10-8-6-5-7-9-12-17-37(2,3)4/h16,19,21,23-24,28H,5-15,17-18,20,22,25-26H2,1-4H3,(H,40,41)(H,42,44)(H,45,46). The Morgan fingerprint density at radius 1 is 0.894 bits per heavy atom. The number of nitrogens with one attached hydrogen (secondary N) is 2. The fourth-order valence-corrected chi connectivity index (χ4v) is 5.97. The molecule has 0 aliphatic carbocycles. The predicted octanol–water partition coefficient (Wildman–Crippen LogP) is 9.55. The van der Waals surface area contributed by atoms with E-state index in [0.717, 1.165) is 37.1 Å². The molecule has 2 aromatic rings. The van der Waals surface area contributed by atoms with Crippen molar-refractivity contribution in [3.05, 3.63) is 51.6 Å². The largest absolute Gasteiger partial charge is 0.490 e. The maximum absolute atomic E-state index is 12.7. The molecule has 8 nitrogen and oxygen atoms in total.